The molecule has 0 saturated carbocycles. The lowest BCUT2D eigenvalue weighted by Crippen LogP contribution is -2.35. The van der Waals surface area contributed by atoms with Crippen LogP contribution in [0.15, 0.2) is 42.5 Å². The highest BCUT2D eigenvalue weighted by Crippen LogP contribution is 2.32. The SMILES string of the molecule is CCCCCCCCC(c1ccc(-c2cc(F)cc(F)c2)cc1)C(O)(O)O. The first kappa shape index (κ1) is 21.5. The van der Waals surface area contributed by atoms with Gasteiger partial charge in [-0.2, -0.15) is 0 Å². The van der Waals surface area contributed by atoms with E-state index in [1.807, 2.05) is 0 Å². The van der Waals surface area contributed by atoms with E-state index in [-0.39, 0.29) is 0 Å². The molecule has 0 aromatic heterocycles. The Morgan fingerprint density at radius 2 is 1.33 bits per heavy atom. The number of rotatable bonds is 10. The fourth-order valence-electron chi connectivity index (χ4n) is 3.34. The molecule has 5 heteroatoms. The van der Waals surface area contributed by atoms with Gasteiger partial charge in [-0.05, 0) is 35.2 Å². The Morgan fingerprint density at radius 1 is 0.778 bits per heavy atom. The average molecular weight is 378 g/mol. The molecule has 0 saturated heterocycles. The molecule has 0 aliphatic carbocycles. The minimum absolute atomic E-state index is 0.398. The van der Waals surface area contributed by atoms with Crippen LogP contribution >= 0.6 is 0 Å². The minimum atomic E-state index is -2.81. The zero-order valence-electron chi connectivity index (χ0n) is 15.7. The summed E-state index contributed by atoms with van der Waals surface area (Å²) in [7, 11) is 0. The zero-order chi connectivity index (χ0) is 19.9. The van der Waals surface area contributed by atoms with Crippen LogP contribution in [-0.2, 0) is 0 Å². The second-order valence-electron chi connectivity index (χ2n) is 7.08. The number of hydrogen-bond donors (Lipinski definition) is 3. The molecule has 3 nitrogen and oxygen atoms in total. The summed E-state index contributed by atoms with van der Waals surface area (Å²) >= 11 is 0. The van der Waals surface area contributed by atoms with Crippen molar-refractivity contribution in [2.75, 3.05) is 0 Å². The monoisotopic (exact) mass is 378 g/mol. The number of benzene rings is 2. The van der Waals surface area contributed by atoms with Crippen molar-refractivity contribution in [2.24, 2.45) is 0 Å². The molecule has 0 aliphatic rings. The number of aliphatic hydroxyl groups is 3. The summed E-state index contributed by atoms with van der Waals surface area (Å²) in [5.74, 6) is -4.97. The van der Waals surface area contributed by atoms with Gasteiger partial charge in [-0.1, -0.05) is 69.7 Å². The van der Waals surface area contributed by atoms with Gasteiger partial charge in [0.2, 0.25) is 0 Å². The standard InChI is InChI=1S/C22H28F2O3/c1-2-3-4-5-6-7-8-21(22(25,26)27)17-11-9-16(10-12-17)18-13-19(23)15-20(24)14-18/h9-15,21,25-27H,2-8H2,1H3. The highest BCUT2D eigenvalue weighted by atomic mass is 19.1. The minimum Gasteiger partial charge on any atom is -0.343 e. The van der Waals surface area contributed by atoms with Gasteiger partial charge in [-0.15, -0.1) is 0 Å². The van der Waals surface area contributed by atoms with Crippen LogP contribution < -0.4 is 0 Å². The molecule has 0 radical (unpaired) electrons. The van der Waals surface area contributed by atoms with Gasteiger partial charge in [0.15, 0.2) is 0 Å². The molecule has 0 fully saturated rings. The van der Waals surface area contributed by atoms with Gasteiger partial charge in [0, 0.05) is 6.07 Å². The largest absolute Gasteiger partial charge is 0.343 e. The van der Waals surface area contributed by atoms with Crippen LogP contribution in [0.2, 0.25) is 0 Å². The Hall–Kier alpha value is -1.82. The van der Waals surface area contributed by atoms with Gasteiger partial charge in [0.1, 0.15) is 11.6 Å². The first-order chi connectivity index (χ1) is 12.8. The van der Waals surface area contributed by atoms with E-state index >= 15 is 0 Å². The number of hydrogen-bond acceptors (Lipinski definition) is 3. The Labute approximate surface area is 159 Å². The van der Waals surface area contributed by atoms with Crippen LogP contribution in [0.3, 0.4) is 0 Å². The molecular weight excluding hydrogens is 350 g/mol. The van der Waals surface area contributed by atoms with Crippen LogP contribution in [0.5, 0.6) is 0 Å². The fourth-order valence-corrected chi connectivity index (χ4v) is 3.34. The van der Waals surface area contributed by atoms with Crippen molar-refractivity contribution < 1.29 is 24.1 Å². The molecule has 1 unspecified atom stereocenters. The summed E-state index contributed by atoms with van der Waals surface area (Å²) in [5, 5.41) is 29.2. The fraction of sp³-hybridized carbons (Fsp3) is 0.455. The van der Waals surface area contributed by atoms with Gasteiger partial charge in [-0.3, -0.25) is 0 Å². The normalized spacial score (nSPS) is 13.0. The summed E-state index contributed by atoms with van der Waals surface area (Å²) < 4.78 is 26.8. The Bertz CT molecular complexity index is 688. The van der Waals surface area contributed by atoms with Crippen LogP contribution in [0.4, 0.5) is 8.78 Å². The molecule has 2 aromatic carbocycles. The van der Waals surface area contributed by atoms with Gasteiger partial charge in [0.25, 0.3) is 5.97 Å². The van der Waals surface area contributed by atoms with Gasteiger partial charge in [-0.25, -0.2) is 8.78 Å². The molecule has 2 aromatic rings. The maximum absolute atomic E-state index is 13.4. The molecular formula is C22H28F2O3. The summed E-state index contributed by atoms with van der Waals surface area (Å²) in [6.45, 7) is 2.15. The van der Waals surface area contributed by atoms with Crippen molar-refractivity contribution in [3.05, 3.63) is 59.7 Å². The molecule has 27 heavy (non-hydrogen) atoms. The van der Waals surface area contributed by atoms with Crippen LogP contribution in [-0.4, -0.2) is 21.3 Å². The molecule has 0 heterocycles. The number of halogens is 2. The molecule has 1 atom stereocenters. The zero-order valence-corrected chi connectivity index (χ0v) is 15.7. The Kier molecular flexibility index (Phi) is 7.90. The highest BCUT2D eigenvalue weighted by molar-refractivity contribution is 5.64. The third kappa shape index (κ3) is 6.69. The van der Waals surface area contributed by atoms with Crippen molar-refractivity contribution in [1.29, 1.82) is 0 Å². The molecule has 2 rings (SSSR count). The average Bonchev–Trinajstić information content (AvgIpc) is 2.59. The predicted molar refractivity (Wildman–Crippen MR) is 102 cm³/mol. The van der Waals surface area contributed by atoms with Crippen molar-refractivity contribution in [3.63, 3.8) is 0 Å². The lowest BCUT2D eigenvalue weighted by Gasteiger charge is -2.26. The maximum Gasteiger partial charge on any atom is 0.282 e. The summed E-state index contributed by atoms with van der Waals surface area (Å²) in [5.41, 5.74) is 1.57. The number of unbranched alkanes of at least 4 members (excludes halogenated alkanes) is 5. The van der Waals surface area contributed by atoms with Gasteiger partial charge in [0.05, 0.1) is 5.92 Å². The van der Waals surface area contributed by atoms with Crippen LogP contribution in [0, 0.1) is 11.6 Å². The lowest BCUT2D eigenvalue weighted by atomic mass is 9.89. The van der Waals surface area contributed by atoms with Crippen molar-refractivity contribution in [2.45, 2.75) is 63.8 Å². The van der Waals surface area contributed by atoms with Crippen LogP contribution in [0.1, 0.15) is 63.4 Å². The molecule has 0 aliphatic heterocycles. The predicted octanol–water partition coefficient (Wildman–Crippen LogP) is 5.10. The van der Waals surface area contributed by atoms with Crippen molar-refractivity contribution in [3.8, 4) is 11.1 Å². The molecule has 3 N–H and O–H groups in total. The first-order valence-electron chi connectivity index (χ1n) is 9.54. The lowest BCUT2D eigenvalue weighted by molar-refractivity contribution is -0.326. The topological polar surface area (TPSA) is 60.7 Å². The molecule has 148 valence electrons. The Balaban J connectivity index is 2.07. The van der Waals surface area contributed by atoms with E-state index in [1.54, 1.807) is 24.3 Å². The van der Waals surface area contributed by atoms with E-state index < -0.39 is 23.5 Å². The maximum atomic E-state index is 13.4. The summed E-state index contributed by atoms with van der Waals surface area (Å²) in [6, 6.07) is 9.90. The van der Waals surface area contributed by atoms with E-state index in [0.29, 0.717) is 23.1 Å². The van der Waals surface area contributed by atoms with E-state index in [4.69, 9.17) is 0 Å². The molecule has 0 amide bonds. The molecule has 0 spiro atoms. The summed E-state index contributed by atoms with van der Waals surface area (Å²) in [4.78, 5) is 0. The molecule has 0 bridgehead atoms. The first-order valence-corrected chi connectivity index (χ1v) is 9.54. The van der Waals surface area contributed by atoms with E-state index in [2.05, 4.69) is 6.92 Å². The third-order valence-electron chi connectivity index (χ3n) is 4.82. The van der Waals surface area contributed by atoms with Crippen LogP contribution in [0.25, 0.3) is 11.1 Å². The van der Waals surface area contributed by atoms with E-state index in [1.165, 1.54) is 18.6 Å². The Morgan fingerprint density at radius 3 is 1.89 bits per heavy atom. The quantitative estimate of drug-likeness (QED) is 0.398. The highest BCUT2D eigenvalue weighted by Gasteiger charge is 2.33. The smallest absolute Gasteiger partial charge is 0.282 e. The third-order valence-corrected chi connectivity index (χ3v) is 4.82. The van der Waals surface area contributed by atoms with E-state index in [9.17, 15) is 24.1 Å². The summed E-state index contributed by atoms with van der Waals surface area (Å²) in [6.07, 6.45) is 6.76. The van der Waals surface area contributed by atoms with E-state index in [0.717, 1.165) is 38.2 Å². The second-order valence-corrected chi connectivity index (χ2v) is 7.08. The van der Waals surface area contributed by atoms with Crippen molar-refractivity contribution in [1.82, 2.24) is 0 Å². The van der Waals surface area contributed by atoms with Gasteiger partial charge < -0.3 is 15.3 Å². The second kappa shape index (κ2) is 9.93. The van der Waals surface area contributed by atoms with Crippen molar-refractivity contribution >= 4 is 0 Å². The van der Waals surface area contributed by atoms with Gasteiger partial charge >= 0.3 is 0 Å².